The molecule has 2 amide bonds. The molecule has 100 valence electrons. The van der Waals surface area contributed by atoms with Gasteiger partial charge in [0.15, 0.2) is 6.04 Å². The topological polar surface area (TPSA) is 102 Å². The highest BCUT2D eigenvalue weighted by Gasteiger charge is 2.19. The van der Waals surface area contributed by atoms with Gasteiger partial charge in [-0.1, -0.05) is 0 Å². The number of amides is 2. The highest BCUT2D eigenvalue weighted by atomic mass is 16.4. The van der Waals surface area contributed by atoms with Crippen molar-refractivity contribution in [2.24, 2.45) is 0 Å². The van der Waals surface area contributed by atoms with Crippen LogP contribution in [0.2, 0.25) is 0 Å². The van der Waals surface area contributed by atoms with Crippen LogP contribution in [0.3, 0.4) is 0 Å². The molecule has 0 spiro atoms. The number of aliphatic hydroxyl groups excluding tert-OH is 1. The second kappa shape index (κ2) is 7.86. The summed E-state index contributed by atoms with van der Waals surface area (Å²) in [6.45, 7) is 2.02. The number of urea groups is 1. The van der Waals surface area contributed by atoms with Crippen LogP contribution in [0.5, 0.6) is 0 Å². The van der Waals surface area contributed by atoms with Crippen molar-refractivity contribution in [3.8, 4) is 0 Å². The van der Waals surface area contributed by atoms with Crippen molar-refractivity contribution in [2.75, 3.05) is 27.2 Å². The van der Waals surface area contributed by atoms with Crippen LogP contribution >= 0.6 is 0 Å². The van der Waals surface area contributed by atoms with Gasteiger partial charge in [-0.3, -0.25) is 0 Å². The van der Waals surface area contributed by atoms with Gasteiger partial charge in [-0.25, -0.2) is 9.59 Å². The first-order valence-corrected chi connectivity index (χ1v) is 5.42. The quantitative estimate of drug-likeness (QED) is 0.465. The van der Waals surface area contributed by atoms with Crippen molar-refractivity contribution < 1.29 is 19.8 Å². The molecule has 0 heterocycles. The van der Waals surface area contributed by atoms with Crippen LogP contribution in [0.4, 0.5) is 4.79 Å². The van der Waals surface area contributed by atoms with E-state index in [0.717, 1.165) is 13.0 Å². The van der Waals surface area contributed by atoms with Crippen LogP contribution in [0.1, 0.15) is 13.3 Å². The second-order valence-corrected chi connectivity index (χ2v) is 4.18. The van der Waals surface area contributed by atoms with E-state index in [1.807, 2.05) is 25.9 Å². The molecule has 0 aromatic heterocycles. The zero-order chi connectivity index (χ0) is 13.4. The molecule has 0 aliphatic heterocycles. The Balaban J connectivity index is 3.95. The van der Waals surface area contributed by atoms with Crippen molar-refractivity contribution in [1.82, 2.24) is 15.5 Å². The lowest BCUT2D eigenvalue weighted by Gasteiger charge is -2.18. The van der Waals surface area contributed by atoms with E-state index < -0.39 is 24.6 Å². The Kier molecular flexibility index (Phi) is 7.24. The molecule has 7 heteroatoms. The van der Waals surface area contributed by atoms with Gasteiger partial charge in [0.05, 0.1) is 6.61 Å². The number of hydrogen-bond donors (Lipinski definition) is 4. The summed E-state index contributed by atoms with van der Waals surface area (Å²) in [6, 6.07) is -1.92. The lowest BCUT2D eigenvalue weighted by atomic mass is 10.2. The Morgan fingerprint density at radius 2 is 1.88 bits per heavy atom. The zero-order valence-electron chi connectivity index (χ0n) is 10.4. The van der Waals surface area contributed by atoms with Gasteiger partial charge < -0.3 is 25.7 Å². The first-order valence-electron chi connectivity index (χ1n) is 5.42. The summed E-state index contributed by atoms with van der Waals surface area (Å²) in [5, 5.41) is 22.1. The maximum Gasteiger partial charge on any atom is 0.328 e. The van der Waals surface area contributed by atoms with E-state index in [4.69, 9.17) is 10.2 Å². The van der Waals surface area contributed by atoms with Gasteiger partial charge in [0, 0.05) is 6.04 Å². The van der Waals surface area contributed by atoms with E-state index in [9.17, 15) is 9.59 Å². The number of hydrogen-bond acceptors (Lipinski definition) is 4. The molecule has 0 fully saturated rings. The molecule has 17 heavy (non-hydrogen) atoms. The number of carbonyl (C=O) groups excluding carboxylic acids is 1. The Labute approximate surface area is 101 Å². The Morgan fingerprint density at radius 1 is 1.29 bits per heavy atom. The fourth-order valence-corrected chi connectivity index (χ4v) is 1.13. The molecule has 0 aromatic rings. The minimum atomic E-state index is -1.27. The third-order valence-electron chi connectivity index (χ3n) is 2.17. The number of aliphatic hydroxyl groups is 1. The zero-order valence-corrected chi connectivity index (χ0v) is 10.4. The van der Waals surface area contributed by atoms with Gasteiger partial charge in [-0.05, 0) is 34.0 Å². The largest absolute Gasteiger partial charge is 0.480 e. The molecule has 7 nitrogen and oxygen atoms in total. The molecule has 0 radical (unpaired) electrons. The number of aliphatic carboxylic acids is 1. The van der Waals surface area contributed by atoms with Gasteiger partial charge in [0.25, 0.3) is 0 Å². The molecule has 2 atom stereocenters. The molecule has 0 bridgehead atoms. The molecule has 0 rings (SSSR count). The maximum atomic E-state index is 11.4. The molecule has 0 saturated heterocycles. The predicted molar refractivity (Wildman–Crippen MR) is 62.8 cm³/mol. The van der Waals surface area contributed by atoms with Crippen LogP contribution in [0.15, 0.2) is 0 Å². The minimum absolute atomic E-state index is 0.0643. The Hall–Kier alpha value is -1.34. The van der Waals surface area contributed by atoms with E-state index in [0.29, 0.717) is 0 Å². The fourth-order valence-electron chi connectivity index (χ4n) is 1.13. The van der Waals surface area contributed by atoms with Crippen LogP contribution in [-0.4, -0.2) is 66.4 Å². The molecule has 1 unspecified atom stereocenters. The molecule has 0 aliphatic rings. The molecule has 0 aromatic carbocycles. The van der Waals surface area contributed by atoms with Crippen LogP contribution in [0, 0.1) is 0 Å². The number of carbonyl (C=O) groups is 2. The Bertz CT molecular complexity index is 258. The highest BCUT2D eigenvalue weighted by Crippen LogP contribution is 1.92. The van der Waals surface area contributed by atoms with E-state index >= 15 is 0 Å². The van der Waals surface area contributed by atoms with Crippen LogP contribution in [0.25, 0.3) is 0 Å². The summed E-state index contributed by atoms with van der Waals surface area (Å²) in [5.74, 6) is -1.26. The monoisotopic (exact) mass is 247 g/mol. The molecular weight excluding hydrogens is 226 g/mol. The first-order chi connectivity index (χ1) is 7.86. The van der Waals surface area contributed by atoms with Crippen molar-refractivity contribution in [1.29, 1.82) is 0 Å². The number of carboxylic acid groups (broad SMARTS) is 1. The molecule has 0 saturated carbocycles. The van der Waals surface area contributed by atoms with E-state index in [1.54, 1.807) is 0 Å². The SMILES string of the molecule is CC(CCN(C)C)NC(=O)N[C@H](CO)C(=O)O. The second-order valence-electron chi connectivity index (χ2n) is 4.18. The third-order valence-corrected chi connectivity index (χ3v) is 2.17. The van der Waals surface area contributed by atoms with Crippen molar-refractivity contribution in [3.63, 3.8) is 0 Å². The summed E-state index contributed by atoms with van der Waals surface area (Å²) >= 11 is 0. The highest BCUT2D eigenvalue weighted by molar-refractivity contribution is 5.82. The lowest BCUT2D eigenvalue weighted by Crippen LogP contribution is -2.50. The number of nitrogens with one attached hydrogen (secondary N) is 2. The van der Waals surface area contributed by atoms with Gasteiger partial charge in [-0.2, -0.15) is 0 Å². The third kappa shape index (κ3) is 7.53. The van der Waals surface area contributed by atoms with Gasteiger partial charge >= 0.3 is 12.0 Å². The standard InChI is InChI=1S/C10H21N3O4/c1-7(4-5-13(2)3)11-10(17)12-8(6-14)9(15)16/h7-8,14H,4-6H2,1-3H3,(H,15,16)(H2,11,12,17)/t7?,8-/m1/s1. The maximum absolute atomic E-state index is 11.4. The fraction of sp³-hybridized carbons (Fsp3) is 0.800. The average molecular weight is 247 g/mol. The minimum Gasteiger partial charge on any atom is -0.480 e. The number of nitrogens with zero attached hydrogens (tertiary/aromatic N) is 1. The van der Waals surface area contributed by atoms with Gasteiger partial charge in [-0.15, -0.1) is 0 Å². The van der Waals surface area contributed by atoms with Crippen molar-refractivity contribution in [2.45, 2.75) is 25.4 Å². The number of rotatable bonds is 7. The van der Waals surface area contributed by atoms with Gasteiger partial charge in [0.2, 0.25) is 0 Å². The van der Waals surface area contributed by atoms with Crippen molar-refractivity contribution >= 4 is 12.0 Å². The summed E-state index contributed by atoms with van der Waals surface area (Å²) in [6.07, 6.45) is 0.761. The predicted octanol–water partition coefficient (Wildman–Crippen LogP) is -0.929. The first kappa shape index (κ1) is 15.7. The molecule has 4 N–H and O–H groups in total. The Morgan fingerprint density at radius 3 is 2.29 bits per heavy atom. The van der Waals surface area contributed by atoms with E-state index in [-0.39, 0.29) is 6.04 Å². The smallest absolute Gasteiger partial charge is 0.328 e. The summed E-state index contributed by atoms with van der Waals surface area (Å²) in [5.41, 5.74) is 0. The normalized spacial score (nSPS) is 14.2. The van der Waals surface area contributed by atoms with E-state index in [1.165, 1.54) is 0 Å². The van der Waals surface area contributed by atoms with Crippen LogP contribution < -0.4 is 10.6 Å². The summed E-state index contributed by atoms with van der Waals surface area (Å²) in [7, 11) is 3.86. The average Bonchev–Trinajstić information content (AvgIpc) is 2.22. The lowest BCUT2D eigenvalue weighted by molar-refractivity contribution is -0.140. The van der Waals surface area contributed by atoms with Crippen LogP contribution in [-0.2, 0) is 4.79 Å². The van der Waals surface area contributed by atoms with Gasteiger partial charge in [0.1, 0.15) is 0 Å². The molecule has 0 aliphatic carbocycles. The van der Waals surface area contributed by atoms with Crippen molar-refractivity contribution in [3.05, 3.63) is 0 Å². The summed E-state index contributed by atoms with van der Waals surface area (Å²) in [4.78, 5) is 23.9. The summed E-state index contributed by atoms with van der Waals surface area (Å²) < 4.78 is 0. The molecular formula is C10H21N3O4. The number of carboxylic acids is 1. The van der Waals surface area contributed by atoms with E-state index in [2.05, 4.69) is 10.6 Å².